The minimum absolute atomic E-state index is 0.00364. The molecule has 5 unspecified atom stereocenters. The molecule has 8 N–H and O–H groups in total. The number of hydrogen-bond acceptors (Lipinski definition) is 23. The van der Waals surface area contributed by atoms with Crippen LogP contribution in [0.5, 0.6) is 0 Å². The van der Waals surface area contributed by atoms with E-state index in [1.807, 2.05) is 91.8 Å². The number of benzene rings is 6. The van der Waals surface area contributed by atoms with E-state index in [2.05, 4.69) is 90.5 Å². The third-order valence-corrected chi connectivity index (χ3v) is 23.1. The highest BCUT2D eigenvalue weighted by Crippen LogP contribution is 2.57. The summed E-state index contributed by atoms with van der Waals surface area (Å²) in [6, 6.07) is 32.3. The summed E-state index contributed by atoms with van der Waals surface area (Å²) in [5.74, 6) is 1.13. The zero-order valence-electron chi connectivity index (χ0n) is 72.2. The van der Waals surface area contributed by atoms with Gasteiger partial charge in [0.1, 0.15) is 18.3 Å². The molecule has 6 aromatic carbocycles. The summed E-state index contributed by atoms with van der Waals surface area (Å²) in [4.78, 5) is 178. The monoisotopic (exact) mass is 1680 g/mol. The molecule has 0 radical (unpaired) electrons. The Bertz CT molecular complexity index is 6830. The molecule has 5 aliphatic heterocycles. The fourth-order valence-corrected chi connectivity index (χ4v) is 14.8. The molecular weight excluding hydrogens is 1580 g/mol. The van der Waals surface area contributed by atoms with E-state index >= 15 is 0 Å². The van der Waals surface area contributed by atoms with Crippen LogP contribution in [0.1, 0.15) is 197 Å². The molecule has 7 heterocycles. The Labute approximate surface area is 712 Å². The first-order valence-electron chi connectivity index (χ1n) is 40.6. The fraction of sp³-hybridized carbons (Fsp3) is 0.326. The number of Topliss-reactive ketones (excluding diaryl/α,β-unsaturated/α-hetero) is 6. The maximum atomic E-state index is 12.8. The van der Waals surface area contributed by atoms with Gasteiger partial charge >= 0.3 is 17.1 Å². The predicted molar refractivity (Wildman–Crippen MR) is 473 cm³/mol. The second kappa shape index (κ2) is 37.6. The van der Waals surface area contributed by atoms with Crippen molar-refractivity contribution in [2.75, 3.05) is 6.61 Å². The molecule has 8 aromatic rings. The van der Waals surface area contributed by atoms with E-state index in [0.717, 1.165) is 51.2 Å². The maximum Gasteiger partial charge on any atom is 0.349 e. The molecular formula is C95H100N12O17. The van der Waals surface area contributed by atoms with Crippen LogP contribution in [-0.4, -0.2) is 150 Å². The quantitative estimate of drug-likeness (QED) is 0.0268. The maximum absolute atomic E-state index is 12.8. The molecule has 16 rings (SSSR count). The Hall–Kier alpha value is -13.3. The van der Waals surface area contributed by atoms with E-state index in [0.29, 0.717) is 108 Å². The summed E-state index contributed by atoms with van der Waals surface area (Å²) in [5, 5.41) is 38.8. The van der Waals surface area contributed by atoms with Crippen molar-refractivity contribution in [3.63, 3.8) is 0 Å². The molecule has 0 bridgehead atoms. The smallest absolute Gasteiger partial charge is 0.349 e. The highest BCUT2D eigenvalue weighted by Gasteiger charge is 2.77. The number of aliphatic hydroxyl groups excluding tert-OH is 4. The number of fused-ring (bicyclic) bond motifs is 10. The van der Waals surface area contributed by atoms with Gasteiger partial charge in [0, 0.05) is 69.1 Å². The van der Waals surface area contributed by atoms with Crippen LogP contribution in [-0.2, 0) is 18.3 Å². The van der Waals surface area contributed by atoms with Crippen molar-refractivity contribution < 1.29 is 53.9 Å². The largest absolute Gasteiger partial charge is 0.394 e. The molecule has 124 heavy (non-hydrogen) atoms. The number of allylic oxidation sites excluding steroid dienone is 9. The number of hydrogen-bond donors (Lipinski definition) is 8. The topological polar surface area (TPSA) is 449 Å². The van der Waals surface area contributed by atoms with E-state index in [-0.39, 0.29) is 69.6 Å². The third kappa shape index (κ3) is 18.8. The number of aromatic nitrogens is 12. The van der Waals surface area contributed by atoms with E-state index in [1.165, 1.54) is 28.6 Å². The Kier molecular flexibility index (Phi) is 27.7. The van der Waals surface area contributed by atoms with Crippen molar-refractivity contribution in [1.29, 1.82) is 0 Å². The molecule has 1 saturated heterocycles. The van der Waals surface area contributed by atoms with E-state index < -0.39 is 69.9 Å². The van der Waals surface area contributed by atoms with Gasteiger partial charge in [-0.2, -0.15) is 9.97 Å². The van der Waals surface area contributed by atoms with Crippen LogP contribution >= 0.6 is 0 Å². The standard InChI is InChI=1S/C21H26O2.C18H20O3.C17H20N4O6.C14H12O2.C13H12N4O2.C12H10N4O2/c1-14(2)8-7-9-15(3)12-13-17-16(4)20(22)18-10-5-6-11-19(18)21(17)23;1-11(2)12(3)9-10-18-16(20)14-8-6-5-7-13(14)15(19)17(18,4)21-18;1-7-3-9-10(4-8(7)2)21(5-11(23)14(25)12(24)6-22)15-13(18-9)16(26)20-17(27)19-15;1-3-6-10-9(2)13(15)11-7-4-5-8-12(11)14(10)16;1-6-4-8-9(5-7(6)2)17(3)11-10(14-8)12(18)16-13(19)15-11;1-5-3-7-8(4-6(5)2)14-10-9(13-7)11(17)16-12(18)15-10/h5-6,10-12,14H,7-9,13H2,1-4H3;5-9,11H,10H2,1-4H3;3-4,11-12,14,22-25H,5-6H2,1-2H3,(H,20,26,27);3-8H,1-2H3;4-5H,1-3H3,(H,16,18,19);3-4H,1-2H3,(H2,14,15,16,17,18)/b15-12+;12-9+;;6-3+;;. The summed E-state index contributed by atoms with van der Waals surface area (Å²) in [5.41, 5.74) is 12.5. The lowest BCUT2D eigenvalue weighted by atomic mass is 9.73. The number of aromatic amines is 4. The number of ketones is 6. The minimum atomic E-state index is -1.64. The Morgan fingerprint density at radius 2 is 1.00 bits per heavy atom. The number of carbonyl (C=O) groups excluding carboxylic acids is 6. The van der Waals surface area contributed by atoms with Crippen molar-refractivity contribution in [3.8, 4) is 23.0 Å². The minimum Gasteiger partial charge on any atom is -0.394 e. The van der Waals surface area contributed by atoms with Gasteiger partial charge in [-0.25, -0.2) is 34.3 Å². The van der Waals surface area contributed by atoms with Gasteiger partial charge in [-0.1, -0.05) is 142 Å². The number of rotatable bonds is 15. The third-order valence-electron chi connectivity index (χ3n) is 23.1. The number of ether oxygens (including phenoxy) is 1. The number of nitrogens with one attached hydrogen (secondary N) is 4. The highest BCUT2D eigenvalue weighted by atomic mass is 16.6. The number of nitrogens with zero attached hydrogens (tertiary/aromatic N) is 8. The molecule has 3 aliphatic carbocycles. The molecule has 8 aliphatic rings. The lowest BCUT2D eigenvalue weighted by Crippen LogP contribution is -2.43. The zero-order chi connectivity index (χ0) is 90.6. The first-order chi connectivity index (χ1) is 58.6. The fourth-order valence-electron chi connectivity index (χ4n) is 14.8. The zero-order valence-corrected chi connectivity index (χ0v) is 72.2. The van der Waals surface area contributed by atoms with Gasteiger partial charge in [-0.05, 0) is 184 Å². The van der Waals surface area contributed by atoms with Crippen LogP contribution in [0.25, 0.3) is 67.3 Å². The summed E-state index contributed by atoms with van der Waals surface area (Å²) in [7, 11) is 1.77. The van der Waals surface area contributed by atoms with Crippen LogP contribution in [0, 0.1) is 53.4 Å². The van der Waals surface area contributed by atoms with Gasteiger partial charge in [0.2, 0.25) is 0 Å². The average Bonchev–Trinajstić information content (AvgIpc) is 1.50. The van der Waals surface area contributed by atoms with Crippen LogP contribution < -0.4 is 33.7 Å². The Morgan fingerprint density at radius 3 is 1.54 bits per heavy atom. The van der Waals surface area contributed by atoms with Gasteiger partial charge in [-0.3, -0.25) is 63.1 Å². The second-order valence-electron chi connectivity index (χ2n) is 32.5. The summed E-state index contributed by atoms with van der Waals surface area (Å²) in [6.45, 7) is 30.5. The van der Waals surface area contributed by atoms with Crippen molar-refractivity contribution in [3.05, 3.63) is 296 Å². The average molecular weight is 1680 g/mol. The lowest BCUT2D eigenvalue weighted by molar-refractivity contribution is -0.0802. The van der Waals surface area contributed by atoms with Gasteiger partial charge in [0.05, 0.1) is 46.3 Å². The second-order valence-corrected chi connectivity index (χ2v) is 32.5. The van der Waals surface area contributed by atoms with E-state index in [4.69, 9.17) is 9.84 Å². The number of epoxide rings is 1. The lowest BCUT2D eigenvalue weighted by Gasteiger charge is -2.25. The van der Waals surface area contributed by atoms with Crippen LogP contribution in [0.4, 0.5) is 0 Å². The molecule has 29 nitrogen and oxygen atoms in total. The molecule has 0 amide bonds. The van der Waals surface area contributed by atoms with Gasteiger partial charge in [-0.15, -0.1) is 0 Å². The number of aliphatic hydroxyl groups is 4. The van der Waals surface area contributed by atoms with Gasteiger partial charge < -0.3 is 34.3 Å². The Morgan fingerprint density at radius 1 is 0.524 bits per heavy atom. The molecule has 0 spiro atoms. The number of carbonyl (C=O) groups is 6. The van der Waals surface area contributed by atoms with Crippen LogP contribution in [0.2, 0.25) is 0 Å². The first-order valence-corrected chi connectivity index (χ1v) is 40.6. The SMILES string of the molecule is C/C(=C\CC12OC1(C)C(=O)c1ccccc1C2=O)C(C)C.C/C=C/C1=C(C)C(=O)c2ccccc2C1=O.CC1=C(C/C=C(\C)CCCC(C)C)C(=O)c2ccccc2C1=O.Cc1cc2nc3[nH]c(=O)[nH]c(=O)c3nc2cc1C.Cc1cc2nc3c(=O)[nH]c(=O)nc-3n(C)c2cc1C.Cc1cc2nc3c(=O)[nH]c(=O)nc-3n(CC(O)C(O)C(O)CO)c2cc1C. The van der Waals surface area contributed by atoms with Gasteiger partial charge in [0.25, 0.3) is 16.7 Å². The normalized spacial score (nSPS) is 16.9. The molecule has 0 saturated carbocycles. The van der Waals surface area contributed by atoms with Gasteiger partial charge in [0.15, 0.2) is 80.1 Å². The molecule has 1 fully saturated rings. The number of H-pyrrole nitrogens is 4. The summed E-state index contributed by atoms with van der Waals surface area (Å²) in [6.07, 6.45) is 7.41. The summed E-state index contributed by atoms with van der Waals surface area (Å²) >= 11 is 0. The molecule has 29 heteroatoms. The first kappa shape index (κ1) is 91.4. The van der Waals surface area contributed by atoms with Crippen molar-refractivity contribution in [2.45, 2.75) is 179 Å². The van der Waals surface area contributed by atoms with Crippen molar-refractivity contribution in [1.82, 2.24) is 59.0 Å². The van der Waals surface area contributed by atoms with E-state index in [1.54, 1.807) is 123 Å². The van der Waals surface area contributed by atoms with Crippen LogP contribution in [0.3, 0.4) is 0 Å². The Balaban J connectivity index is 0.000000146. The van der Waals surface area contributed by atoms with Crippen LogP contribution in [0.15, 0.2) is 196 Å². The molecule has 642 valence electrons. The molecule has 2 aromatic heterocycles. The van der Waals surface area contributed by atoms with E-state index in [9.17, 15) is 72.9 Å². The number of aryl methyl sites for hydroxylation is 7. The van der Waals surface area contributed by atoms with Crippen molar-refractivity contribution in [2.24, 2.45) is 18.9 Å². The van der Waals surface area contributed by atoms with Crippen molar-refractivity contribution >= 4 is 79.0 Å². The molecule has 5 atom stereocenters. The highest BCUT2D eigenvalue weighted by molar-refractivity contribution is 6.28. The summed E-state index contributed by atoms with van der Waals surface area (Å²) < 4.78 is 8.87. The predicted octanol–water partition coefficient (Wildman–Crippen LogP) is 11.9.